The Morgan fingerprint density at radius 2 is 1.47 bits per heavy atom. The molecule has 0 aliphatic rings. The highest BCUT2D eigenvalue weighted by atomic mass is 16.3. The Morgan fingerprint density at radius 3 is 2.11 bits per heavy atom. The second kappa shape index (κ2) is 4.53. The van der Waals surface area contributed by atoms with Crippen LogP contribution in [-0.2, 0) is 0 Å². The van der Waals surface area contributed by atoms with Gasteiger partial charge < -0.3 is 20.4 Å². The van der Waals surface area contributed by atoms with Crippen molar-refractivity contribution in [2.24, 2.45) is 0 Å². The van der Waals surface area contributed by atoms with Crippen molar-refractivity contribution >= 4 is 5.78 Å². The second-order valence-corrected chi connectivity index (χ2v) is 4.19. The summed E-state index contributed by atoms with van der Waals surface area (Å²) in [6.45, 7) is 1.59. The monoisotopic (exact) mass is 260 g/mol. The van der Waals surface area contributed by atoms with Gasteiger partial charge in [0, 0.05) is 12.1 Å². The van der Waals surface area contributed by atoms with E-state index in [0.717, 1.165) is 12.1 Å². The van der Waals surface area contributed by atoms with Gasteiger partial charge in [-0.15, -0.1) is 0 Å². The summed E-state index contributed by atoms with van der Waals surface area (Å²) in [4.78, 5) is 12.2. The minimum atomic E-state index is -0.599. The molecule has 0 aliphatic carbocycles. The number of hydrogen-bond donors (Lipinski definition) is 4. The molecule has 0 aromatic heterocycles. The smallest absolute Gasteiger partial charge is 0.200 e. The van der Waals surface area contributed by atoms with E-state index in [2.05, 4.69) is 0 Å². The molecule has 0 fully saturated rings. The fraction of sp³-hybridized carbons (Fsp3) is 0.0714. The second-order valence-electron chi connectivity index (χ2n) is 4.19. The van der Waals surface area contributed by atoms with Crippen LogP contribution < -0.4 is 0 Å². The van der Waals surface area contributed by atoms with Crippen molar-refractivity contribution in [3.05, 3.63) is 47.0 Å². The van der Waals surface area contributed by atoms with Gasteiger partial charge >= 0.3 is 0 Å². The number of phenols is 4. The van der Waals surface area contributed by atoms with Gasteiger partial charge in [0.25, 0.3) is 0 Å². The Morgan fingerprint density at radius 1 is 0.842 bits per heavy atom. The molecule has 0 saturated carbocycles. The number of rotatable bonds is 2. The average molecular weight is 260 g/mol. The Labute approximate surface area is 109 Å². The Hall–Kier alpha value is -2.69. The molecule has 5 heteroatoms. The molecule has 0 radical (unpaired) electrons. The summed E-state index contributed by atoms with van der Waals surface area (Å²) in [5.41, 5.74) is 0.355. The molecule has 0 heterocycles. The number of hydrogen-bond acceptors (Lipinski definition) is 5. The zero-order valence-electron chi connectivity index (χ0n) is 10.1. The lowest BCUT2D eigenvalue weighted by atomic mass is 9.99. The average Bonchev–Trinajstić information content (AvgIpc) is 2.33. The third-order valence-corrected chi connectivity index (χ3v) is 2.78. The van der Waals surface area contributed by atoms with Crippen molar-refractivity contribution < 1.29 is 25.2 Å². The first kappa shape index (κ1) is 12.8. The quantitative estimate of drug-likeness (QED) is 0.619. The van der Waals surface area contributed by atoms with E-state index in [1.54, 1.807) is 6.92 Å². The SMILES string of the molecule is Cc1cc(C(=O)c2ccc(O)cc2O)c(O)cc1O. The van der Waals surface area contributed by atoms with Crippen LogP contribution in [0.4, 0.5) is 0 Å². The molecular weight excluding hydrogens is 248 g/mol. The molecular formula is C14H12O5. The van der Waals surface area contributed by atoms with Gasteiger partial charge in [-0.1, -0.05) is 0 Å². The van der Waals surface area contributed by atoms with Gasteiger partial charge in [0.1, 0.15) is 23.0 Å². The zero-order chi connectivity index (χ0) is 14.2. The fourth-order valence-corrected chi connectivity index (χ4v) is 1.72. The molecule has 0 unspecified atom stereocenters. The van der Waals surface area contributed by atoms with Crippen LogP contribution in [0.3, 0.4) is 0 Å². The number of benzene rings is 2. The molecule has 2 rings (SSSR count). The minimum Gasteiger partial charge on any atom is -0.508 e. The third-order valence-electron chi connectivity index (χ3n) is 2.78. The summed E-state index contributed by atoms with van der Waals surface area (Å²) in [5.74, 6) is -1.64. The first-order valence-electron chi connectivity index (χ1n) is 5.49. The van der Waals surface area contributed by atoms with E-state index in [-0.39, 0.29) is 34.1 Å². The van der Waals surface area contributed by atoms with Crippen molar-refractivity contribution in [2.45, 2.75) is 6.92 Å². The van der Waals surface area contributed by atoms with Gasteiger partial charge in [-0.2, -0.15) is 0 Å². The van der Waals surface area contributed by atoms with Crippen LogP contribution in [0.5, 0.6) is 23.0 Å². The maximum Gasteiger partial charge on any atom is 0.200 e. The van der Waals surface area contributed by atoms with E-state index in [4.69, 9.17) is 0 Å². The first-order chi connectivity index (χ1) is 8.90. The highest BCUT2D eigenvalue weighted by molar-refractivity contribution is 6.12. The normalized spacial score (nSPS) is 10.4. The molecule has 4 N–H and O–H groups in total. The molecule has 0 spiro atoms. The van der Waals surface area contributed by atoms with Gasteiger partial charge in [-0.25, -0.2) is 0 Å². The maximum absolute atomic E-state index is 12.2. The number of aryl methyl sites for hydroxylation is 1. The molecule has 0 saturated heterocycles. The van der Waals surface area contributed by atoms with Crippen LogP contribution in [0.2, 0.25) is 0 Å². The molecule has 0 atom stereocenters. The summed E-state index contributed by atoms with van der Waals surface area (Å²) in [6, 6.07) is 5.96. The van der Waals surface area contributed by atoms with Crippen molar-refractivity contribution in [3.8, 4) is 23.0 Å². The van der Waals surface area contributed by atoms with Crippen molar-refractivity contribution in [3.63, 3.8) is 0 Å². The topological polar surface area (TPSA) is 98.0 Å². The van der Waals surface area contributed by atoms with Crippen LogP contribution in [-0.4, -0.2) is 26.2 Å². The largest absolute Gasteiger partial charge is 0.508 e. The molecule has 2 aromatic carbocycles. The highest BCUT2D eigenvalue weighted by Crippen LogP contribution is 2.31. The highest BCUT2D eigenvalue weighted by Gasteiger charge is 2.18. The fourth-order valence-electron chi connectivity index (χ4n) is 1.72. The summed E-state index contributed by atoms with van der Waals surface area (Å²) < 4.78 is 0. The Kier molecular flexibility index (Phi) is 3.04. The number of carbonyl (C=O) groups excluding carboxylic acids is 1. The first-order valence-corrected chi connectivity index (χ1v) is 5.49. The van der Waals surface area contributed by atoms with Crippen LogP contribution in [0.1, 0.15) is 21.5 Å². The minimum absolute atomic E-state index is 0.0312. The molecule has 0 bridgehead atoms. The molecule has 0 amide bonds. The van der Waals surface area contributed by atoms with E-state index >= 15 is 0 Å². The van der Waals surface area contributed by atoms with Crippen LogP contribution in [0.15, 0.2) is 30.3 Å². The van der Waals surface area contributed by atoms with Crippen molar-refractivity contribution in [1.82, 2.24) is 0 Å². The molecule has 0 aliphatic heterocycles. The van der Waals surface area contributed by atoms with E-state index in [1.165, 1.54) is 18.2 Å². The van der Waals surface area contributed by atoms with Crippen LogP contribution in [0.25, 0.3) is 0 Å². The van der Waals surface area contributed by atoms with Gasteiger partial charge in [0.15, 0.2) is 5.78 Å². The standard InChI is InChI=1S/C14H12O5/c1-7-4-10(13(18)6-11(7)16)14(19)9-3-2-8(15)5-12(9)17/h2-6,15-18H,1H3. The molecule has 19 heavy (non-hydrogen) atoms. The number of aromatic hydroxyl groups is 4. The summed E-state index contributed by atoms with van der Waals surface area (Å²) in [7, 11) is 0. The predicted octanol–water partition coefficient (Wildman–Crippen LogP) is 2.05. The zero-order valence-corrected chi connectivity index (χ0v) is 10.1. The summed E-state index contributed by atoms with van der Waals surface area (Å²) in [6.07, 6.45) is 0. The van der Waals surface area contributed by atoms with Crippen molar-refractivity contribution in [1.29, 1.82) is 0 Å². The Bertz CT molecular complexity index is 661. The number of ketones is 1. The summed E-state index contributed by atoms with van der Waals surface area (Å²) in [5, 5.41) is 37.9. The van der Waals surface area contributed by atoms with Gasteiger partial charge in [-0.05, 0) is 30.7 Å². The van der Waals surface area contributed by atoms with Crippen LogP contribution >= 0.6 is 0 Å². The molecule has 5 nitrogen and oxygen atoms in total. The lowest BCUT2D eigenvalue weighted by Crippen LogP contribution is -2.02. The maximum atomic E-state index is 12.2. The van der Waals surface area contributed by atoms with Crippen LogP contribution in [0, 0.1) is 6.92 Å². The van der Waals surface area contributed by atoms with Crippen molar-refractivity contribution in [2.75, 3.05) is 0 Å². The third kappa shape index (κ3) is 2.30. The summed E-state index contributed by atoms with van der Waals surface area (Å²) >= 11 is 0. The predicted molar refractivity (Wildman–Crippen MR) is 67.7 cm³/mol. The van der Waals surface area contributed by atoms with Gasteiger partial charge in [0.05, 0.1) is 11.1 Å². The van der Waals surface area contributed by atoms with Gasteiger partial charge in [0.2, 0.25) is 0 Å². The number of phenolic OH excluding ortho intramolecular Hbond substituents is 4. The van der Waals surface area contributed by atoms with Gasteiger partial charge in [-0.3, -0.25) is 4.79 Å². The lowest BCUT2D eigenvalue weighted by molar-refractivity contribution is 0.103. The molecule has 2 aromatic rings. The van der Waals surface area contributed by atoms with E-state index in [9.17, 15) is 25.2 Å². The Balaban J connectivity index is 2.53. The number of carbonyl (C=O) groups is 1. The van der Waals surface area contributed by atoms with E-state index in [0.29, 0.717) is 5.56 Å². The van der Waals surface area contributed by atoms with E-state index in [1.807, 2.05) is 0 Å². The molecule has 98 valence electrons. The lowest BCUT2D eigenvalue weighted by Gasteiger charge is -2.08. The van der Waals surface area contributed by atoms with E-state index < -0.39 is 5.78 Å².